The monoisotopic (exact) mass is 586 g/mol. The fourth-order valence-electron chi connectivity index (χ4n) is 5.01. The Hall–Kier alpha value is -2.84. The predicted molar refractivity (Wildman–Crippen MR) is 165 cm³/mol. The number of nitrogens with two attached hydrogens (primary N) is 1. The first-order valence-corrected chi connectivity index (χ1v) is 18.8. The second kappa shape index (κ2) is 14.4. The number of hydrogen-bond acceptors (Lipinski definition) is 8. The number of aryl methyl sites for hydroxylation is 1. The summed E-state index contributed by atoms with van der Waals surface area (Å²) in [6, 6.07) is 3.69. The lowest BCUT2D eigenvalue weighted by atomic mass is 9.91. The lowest BCUT2D eigenvalue weighted by Crippen LogP contribution is -2.41. The lowest BCUT2D eigenvalue weighted by molar-refractivity contribution is 0.0180. The number of anilines is 1. The minimum absolute atomic E-state index is 0.233. The van der Waals surface area contributed by atoms with Crippen LogP contribution < -0.4 is 10.5 Å². The van der Waals surface area contributed by atoms with Gasteiger partial charge in [-0.3, -0.25) is 0 Å². The highest BCUT2D eigenvalue weighted by Gasteiger charge is 2.28. The van der Waals surface area contributed by atoms with Crippen LogP contribution in [-0.2, 0) is 22.6 Å². The smallest absolute Gasteiger partial charge is 0.410 e. The topological polar surface area (TPSA) is 129 Å². The van der Waals surface area contributed by atoms with Crippen molar-refractivity contribution in [2.45, 2.75) is 111 Å². The van der Waals surface area contributed by atoms with E-state index >= 15 is 0 Å². The molecule has 2 N–H and O–H groups in total. The maximum atomic E-state index is 12.4. The van der Waals surface area contributed by atoms with Crippen LogP contribution in [0.15, 0.2) is 0 Å². The molecular formula is C30H50N6O4Si. The molecule has 228 valence electrons. The van der Waals surface area contributed by atoms with Crippen molar-refractivity contribution in [3.05, 3.63) is 11.3 Å². The highest BCUT2D eigenvalue weighted by atomic mass is 28.3. The number of nitrogen functional groups attached to an aromatic ring is 1. The summed E-state index contributed by atoms with van der Waals surface area (Å²) in [6.45, 7) is 17.5. The molecule has 3 rings (SSSR count). The zero-order valence-corrected chi connectivity index (χ0v) is 27.2. The highest BCUT2D eigenvalue weighted by Crippen LogP contribution is 2.32. The molecule has 0 aromatic carbocycles. The lowest BCUT2D eigenvalue weighted by Gasteiger charge is -2.33. The number of amides is 1. The van der Waals surface area contributed by atoms with Gasteiger partial charge in [0, 0.05) is 33.3 Å². The Labute approximate surface area is 246 Å². The number of nitrogens with zero attached hydrogens (tertiary/aromatic N) is 5. The van der Waals surface area contributed by atoms with E-state index in [1.165, 1.54) is 0 Å². The predicted octanol–water partition coefficient (Wildman–Crippen LogP) is 6.35. The Morgan fingerprint density at radius 1 is 1.15 bits per heavy atom. The molecular weight excluding hydrogens is 536 g/mol. The summed E-state index contributed by atoms with van der Waals surface area (Å²) in [5.41, 5.74) is 8.67. The molecule has 2 aromatic rings. The quantitative estimate of drug-likeness (QED) is 0.212. The van der Waals surface area contributed by atoms with Crippen LogP contribution in [0.5, 0.6) is 6.01 Å². The third-order valence-corrected chi connectivity index (χ3v) is 9.06. The van der Waals surface area contributed by atoms with Gasteiger partial charge in [-0.15, -0.1) is 0 Å². The van der Waals surface area contributed by atoms with Crippen molar-refractivity contribution in [1.29, 1.82) is 5.26 Å². The van der Waals surface area contributed by atoms with E-state index in [-0.39, 0.29) is 18.8 Å². The number of hydrogen-bond donors (Lipinski definition) is 1. The Morgan fingerprint density at radius 3 is 2.46 bits per heavy atom. The van der Waals surface area contributed by atoms with Crippen LogP contribution in [0.4, 0.5) is 10.6 Å². The number of piperidine rings is 1. The molecule has 0 spiro atoms. The van der Waals surface area contributed by atoms with Gasteiger partial charge in [-0.1, -0.05) is 33.0 Å². The Balaban J connectivity index is 1.74. The normalized spacial score (nSPS) is 14.8. The Bertz CT molecular complexity index is 1200. The van der Waals surface area contributed by atoms with Crippen molar-refractivity contribution in [2.75, 3.05) is 32.0 Å². The summed E-state index contributed by atoms with van der Waals surface area (Å²) < 4.78 is 19.2. The van der Waals surface area contributed by atoms with Gasteiger partial charge < -0.3 is 29.4 Å². The Kier molecular flexibility index (Phi) is 11.4. The van der Waals surface area contributed by atoms with Gasteiger partial charge >= 0.3 is 12.1 Å². The second-order valence-corrected chi connectivity index (χ2v) is 18.9. The molecule has 1 amide bonds. The molecule has 10 nitrogen and oxygen atoms in total. The number of nitriles is 1. The fraction of sp³-hybridized carbons (Fsp3) is 0.733. The van der Waals surface area contributed by atoms with Crippen molar-refractivity contribution < 1.29 is 19.0 Å². The summed E-state index contributed by atoms with van der Waals surface area (Å²) in [7, 11) is -1.25. The van der Waals surface area contributed by atoms with E-state index in [1.807, 2.05) is 30.2 Å². The van der Waals surface area contributed by atoms with E-state index in [0.29, 0.717) is 61.2 Å². The van der Waals surface area contributed by atoms with Crippen molar-refractivity contribution >= 4 is 31.0 Å². The number of fused-ring (bicyclic) bond motifs is 1. The van der Waals surface area contributed by atoms with Crippen LogP contribution in [0, 0.1) is 17.2 Å². The maximum Gasteiger partial charge on any atom is 0.410 e. The number of aromatic nitrogens is 3. The molecule has 1 aliphatic heterocycles. The molecule has 1 aliphatic rings. The van der Waals surface area contributed by atoms with E-state index < -0.39 is 13.7 Å². The third kappa shape index (κ3) is 9.60. The summed E-state index contributed by atoms with van der Waals surface area (Å²) in [4.78, 5) is 23.4. The van der Waals surface area contributed by atoms with Gasteiger partial charge in [-0.05, 0) is 71.3 Å². The van der Waals surface area contributed by atoms with Gasteiger partial charge in [0.1, 0.15) is 35.1 Å². The van der Waals surface area contributed by atoms with E-state index in [9.17, 15) is 10.1 Å². The molecule has 0 bridgehead atoms. The van der Waals surface area contributed by atoms with Crippen LogP contribution in [0.3, 0.4) is 0 Å². The van der Waals surface area contributed by atoms with Crippen molar-refractivity contribution in [1.82, 2.24) is 19.4 Å². The molecule has 3 heterocycles. The first-order chi connectivity index (χ1) is 19.3. The van der Waals surface area contributed by atoms with E-state index in [4.69, 9.17) is 24.9 Å². The van der Waals surface area contributed by atoms with Crippen molar-refractivity contribution in [3.63, 3.8) is 0 Å². The van der Waals surface area contributed by atoms with Gasteiger partial charge in [0.05, 0.1) is 6.61 Å². The molecule has 41 heavy (non-hydrogen) atoms. The molecule has 2 aromatic heterocycles. The SMILES string of the molecule is CCCCOc1nc(N)c2c(n1)c(CCCC1CCN(C(=O)OC(C)(C)C)CC1)c(C#N)n2COCC[Si](C)(C)C. The average molecular weight is 587 g/mol. The van der Waals surface area contributed by atoms with Crippen LogP contribution >= 0.6 is 0 Å². The largest absolute Gasteiger partial charge is 0.463 e. The van der Waals surface area contributed by atoms with Crippen molar-refractivity contribution in [2.24, 2.45) is 5.92 Å². The summed E-state index contributed by atoms with van der Waals surface area (Å²) in [5, 5.41) is 10.2. The van der Waals surface area contributed by atoms with Gasteiger partial charge in [-0.2, -0.15) is 15.2 Å². The first-order valence-electron chi connectivity index (χ1n) is 15.1. The van der Waals surface area contributed by atoms with Crippen molar-refractivity contribution in [3.8, 4) is 12.1 Å². The fourth-order valence-corrected chi connectivity index (χ4v) is 5.77. The molecule has 1 fully saturated rings. The zero-order valence-electron chi connectivity index (χ0n) is 26.2. The number of ether oxygens (including phenoxy) is 3. The zero-order chi connectivity index (χ0) is 30.2. The molecule has 0 saturated carbocycles. The average Bonchev–Trinajstić information content (AvgIpc) is 3.18. The van der Waals surface area contributed by atoms with E-state index in [2.05, 4.69) is 37.6 Å². The minimum atomic E-state index is -1.25. The molecule has 0 radical (unpaired) electrons. The number of rotatable bonds is 13. The number of carbonyl (C=O) groups is 1. The molecule has 11 heteroatoms. The maximum absolute atomic E-state index is 12.4. The summed E-state index contributed by atoms with van der Waals surface area (Å²) >= 11 is 0. The van der Waals surface area contributed by atoms with E-state index in [1.54, 1.807) is 0 Å². The van der Waals surface area contributed by atoms with Gasteiger partial charge in [0.15, 0.2) is 5.82 Å². The minimum Gasteiger partial charge on any atom is -0.463 e. The number of carbonyl (C=O) groups excluding carboxylic acids is 1. The van der Waals surface area contributed by atoms with E-state index in [0.717, 1.165) is 50.1 Å². The third-order valence-electron chi connectivity index (χ3n) is 7.36. The number of unbranched alkanes of at least 4 members (excludes halogenated alkanes) is 1. The van der Waals surface area contributed by atoms with Crippen LogP contribution in [0.1, 0.15) is 77.5 Å². The van der Waals surface area contributed by atoms with Crippen LogP contribution in [0.2, 0.25) is 25.7 Å². The van der Waals surface area contributed by atoms with Gasteiger partial charge in [-0.25, -0.2) is 4.79 Å². The van der Waals surface area contributed by atoms with Gasteiger partial charge in [0.25, 0.3) is 0 Å². The van der Waals surface area contributed by atoms with Gasteiger partial charge in [0.2, 0.25) is 0 Å². The second-order valence-electron chi connectivity index (χ2n) is 13.3. The summed E-state index contributed by atoms with van der Waals surface area (Å²) in [5.74, 6) is 0.817. The van der Waals surface area contributed by atoms with Crippen LogP contribution in [-0.4, -0.2) is 65.5 Å². The highest BCUT2D eigenvalue weighted by molar-refractivity contribution is 6.76. The summed E-state index contributed by atoms with van der Waals surface area (Å²) in [6.07, 6.45) is 6.16. The molecule has 0 atom stereocenters. The molecule has 1 saturated heterocycles. The Morgan fingerprint density at radius 2 is 1.85 bits per heavy atom. The first kappa shape index (κ1) is 32.7. The van der Waals surface area contributed by atoms with Crippen LogP contribution in [0.25, 0.3) is 11.0 Å². The number of likely N-dealkylation sites (tertiary alicyclic amines) is 1. The molecule has 0 unspecified atom stereocenters. The molecule has 0 aliphatic carbocycles. The standard InChI is InChI=1S/C30H50N6O4Si/c1-8-9-17-39-28-33-25-23(12-10-11-22-13-15-35(16-14-22)29(37)40-30(2,3)4)24(20-31)36(26(25)27(32)34-28)21-38-18-19-41(5,6)7/h22H,8-19,21H2,1-7H3,(H2,32,33,34).